The largest absolute Gasteiger partial charge is 0.344 e. The Labute approximate surface area is 157 Å². The maximum Gasteiger partial charge on any atom is 0.344 e. The van der Waals surface area contributed by atoms with Crippen LogP contribution in [0.2, 0.25) is 0 Å². The number of aromatic nitrogens is 1. The lowest BCUT2D eigenvalue weighted by molar-refractivity contribution is -0.134. The van der Waals surface area contributed by atoms with E-state index in [-0.39, 0.29) is 5.91 Å². The highest BCUT2D eigenvalue weighted by atomic mass is 16.2. The van der Waals surface area contributed by atoms with Crippen LogP contribution in [-0.4, -0.2) is 33.0 Å². The minimum Gasteiger partial charge on any atom is -0.324 e. The molecule has 1 aromatic heterocycles. The standard InChI is InChI=1S/C20H22N4O3/c1-14-8-10-20(11-9-14)18(26)24(19(27)21-20)22-17(25)15-4-6-16(7-5-15)23-12-2-3-13-23/h2-7,12-14H,8-11H2,1H3,(H,21,27)(H,22,25). The van der Waals surface area contributed by atoms with Crippen LogP contribution < -0.4 is 10.7 Å². The molecular formula is C20H22N4O3. The van der Waals surface area contributed by atoms with Crippen molar-refractivity contribution in [3.63, 3.8) is 0 Å². The molecule has 1 saturated carbocycles. The lowest BCUT2D eigenvalue weighted by atomic mass is 9.77. The van der Waals surface area contributed by atoms with Gasteiger partial charge in [0.2, 0.25) is 0 Å². The average molecular weight is 366 g/mol. The average Bonchev–Trinajstić information content (AvgIpc) is 3.28. The highest BCUT2D eigenvalue weighted by Gasteiger charge is 2.52. The lowest BCUT2D eigenvalue weighted by Gasteiger charge is -2.33. The van der Waals surface area contributed by atoms with E-state index in [1.165, 1.54) is 0 Å². The van der Waals surface area contributed by atoms with Crippen molar-refractivity contribution in [2.24, 2.45) is 5.92 Å². The number of nitrogens with one attached hydrogen (secondary N) is 2. The third kappa shape index (κ3) is 3.09. The molecule has 1 aliphatic heterocycles. The first-order valence-corrected chi connectivity index (χ1v) is 9.20. The monoisotopic (exact) mass is 366 g/mol. The van der Waals surface area contributed by atoms with Gasteiger partial charge < -0.3 is 9.88 Å². The van der Waals surface area contributed by atoms with E-state index in [1.807, 2.05) is 41.2 Å². The van der Waals surface area contributed by atoms with Crippen LogP contribution in [0.4, 0.5) is 4.79 Å². The summed E-state index contributed by atoms with van der Waals surface area (Å²) in [7, 11) is 0. The van der Waals surface area contributed by atoms with Crippen molar-refractivity contribution in [2.75, 3.05) is 0 Å². The zero-order chi connectivity index (χ0) is 19.0. The van der Waals surface area contributed by atoms with Crippen LogP contribution in [0.5, 0.6) is 0 Å². The normalized spacial score (nSPS) is 24.9. The summed E-state index contributed by atoms with van der Waals surface area (Å²) in [4.78, 5) is 37.6. The minimum absolute atomic E-state index is 0.364. The zero-order valence-corrected chi connectivity index (χ0v) is 15.1. The summed E-state index contributed by atoms with van der Waals surface area (Å²) in [5.41, 5.74) is 2.89. The molecule has 0 bridgehead atoms. The molecule has 2 heterocycles. The Balaban J connectivity index is 1.46. The van der Waals surface area contributed by atoms with Gasteiger partial charge in [0, 0.05) is 23.6 Å². The van der Waals surface area contributed by atoms with Crippen LogP contribution >= 0.6 is 0 Å². The number of urea groups is 1. The summed E-state index contributed by atoms with van der Waals surface area (Å²) in [5, 5.41) is 3.63. The fraction of sp³-hybridized carbons (Fsp3) is 0.350. The molecule has 7 heteroatoms. The summed E-state index contributed by atoms with van der Waals surface area (Å²) in [5.74, 6) is -0.307. The number of nitrogens with zero attached hydrogens (tertiary/aromatic N) is 2. The quantitative estimate of drug-likeness (QED) is 0.819. The van der Waals surface area contributed by atoms with Crippen LogP contribution in [0.3, 0.4) is 0 Å². The number of benzene rings is 1. The number of carbonyl (C=O) groups excluding carboxylic acids is 3. The molecule has 1 saturated heterocycles. The molecule has 1 spiro atoms. The molecule has 2 N–H and O–H groups in total. The fourth-order valence-corrected chi connectivity index (χ4v) is 3.77. The first-order valence-electron chi connectivity index (χ1n) is 9.20. The van der Waals surface area contributed by atoms with Gasteiger partial charge in [0.05, 0.1) is 0 Å². The van der Waals surface area contributed by atoms with Gasteiger partial charge >= 0.3 is 6.03 Å². The molecule has 2 aromatic rings. The van der Waals surface area contributed by atoms with E-state index in [9.17, 15) is 14.4 Å². The number of hydrogen-bond acceptors (Lipinski definition) is 3. The molecule has 7 nitrogen and oxygen atoms in total. The molecule has 4 amide bonds. The van der Waals surface area contributed by atoms with E-state index in [2.05, 4.69) is 17.7 Å². The molecule has 0 atom stereocenters. The third-order valence-corrected chi connectivity index (χ3v) is 5.54. The van der Waals surface area contributed by atoms with Crippen molar-refractivity contribution in [3.05, 3.63) is 54.4 Å². The van der Waals surface area contributed by atoms with E-state index in [0.717, 1.165) is 23.5 Å². The predicted octanol–water partition coefficient (Wildman–Crippen LogP) is 2.62. The summed E-state index contributed by atoms with van der Waals surface area (Å²) < 4.78 is 1.92. The maximum absolute atomic E-state index is 12.8. The molecule has 27 heavy (non-hydrogen) atoms. The van der Waals surface area contributed by atoms with E-state index in [1.54, 1.807) is 12.1 Å². The van der Waals surface area contributed by atoms with Gasteiger partial charge in [0.1, 0.15) is 5.54 Å². The number of hydrogen-bond donors (Lipinski definition) is 2. The topological polar surface area (TPSA) is 83.4 Å². The van der Waals surface area contributed by atoms with Crippen LogP contribution in [-0.2, 0) is 4.79 Å². The fourth-order valence-electron chi connectivity index (χ4n) is 3.77. The maximum atomic E-state index is 12.8. The van der Waals surface area contributed by atoms with Gasteiger partial charge in [0.15, 0.2) is 0 Å². The van der Waals surface area contributed by atoms with Gasteiger partial charge in [-0.2, -0.15) is 5.01 Å². The Kier molecular flexibility index (Phi) is 4.22. The van der Waals surface area contributed by atoms with E-state index in [0.29, 0.717) is 24.3 Å². The lowest BCUT2D eigenvalue weighted by Crippen LogP contribution is -2.51. The van der Waals surface area contributed by atoms with Crippen molar-refractivity contribution in [1.29, 1.82) is 0 Å². The van der Waals surface area contributed by atoms with E-state index < -0.39 is 17.5 Å². The summed E-state index contributed by atoms with van der Waals surface area (Å²) in [6.45, 7) is 2.14. The van der Waals surface area contributed by atoms with E-state index in [4.69, 9.17) is 0 Å². The molecule has 2 aliphatic rings. The van der Waals surface area contributed by atoms with Gasteiger partial charge in [0.25, 0.3) is 11.8 Å². The zero-order valence-electron chi connectivity index (χ0n) is 15.1. The molecule has 1 aromatic carbocycles. The van der Waals surface area contributed by atoms with Crippen molar-refractivity contribution in [2.45, 2.75) is 38.1 Å². The number of amides is 4. The number of imide groups is 1. The highest BCUT2D eigenvalue weighted by Crippen LogP contribution is 2.35. The highest BCUT2D eigenvalue weighted by molar-refractivity contribution is 6.09. The molecule has 140 valence electrons. The Bertz CT molecular complexity index is 865. The molecule has 0 radical (unpaired) electrons. The van der Waals surface area contributed by atoms with Crippen LogP contribution in [0.25, 0.3) is 5.69 Å². The Hall–Kier alpha value is -3.09. The SMILES string of the molecule is CC1CCC2(CC1)NC(=O)N(NC(=O)c1ccc(-n3cccc3)cc1)C2=O. The Morgan fingerprint density at radius 3 is 2.37 bits per heavy atom. The van der Waals surface area contributed by atoms with Crippen LogP contribution in [0.1, 0.15) is 43.0 Å². The smallest absolute Gasteiger partial charge is 0.324 e. The van der Waals surface area contributed by atoms with Gasteiger partial charge in [-0.05, 0) is 68.0 Å². The summed E-state index contributed by atoms with van der Waals surface area (Å²) >= 11 is 0. The van der Waals surface area contributed by atoms with Gasteiger partial charge in [-0.1, -0.05) is 6.92 Å². The number of carbonyl (C=O) groups is 3. The third-order valence-electron chi connectivity index (χ3n) is 5.54. The molecule has 2 fully saturated rings. The van der Waals surface area contributed by atoms with Crippen molar-refractivity contribution < 1.29 is 14.4 Å². The first-order chi connectivity index (χ1) is 13.0. The summed E-state index contributed by atoms with van der Waals surface area (Å²) in [6.07, 6.45) is 6.80. The summed E-state index contributed by atoms with van der Waals surface area (Å²) in [6, 6.07) is 10.2. The van der Waals surface area contributed by atoms with Gasteiger partial charge in [-0.25, -0.2) is 4.79 Å². The Morgan fingerprint density at radius 2 is 1.74 bits per heavy atom. The molecular weight excluding hydrogens is 344 g/mol. The Morgan fingerprint density at radius 1 is 1.11 bits per heavy atom. The molecule has 4 rings (SSSR count). The second kappa shape index (κ2) is 6.57. The van der Waals surface area contributed by atoms with Gasteiger partial charge in [-0.15, -0.1) is 0 Å². The second-order valence-corrected chi connectivity index (χ2v) is 7.41. The van der Waals surface area contributed by atoms with E-state index >= 15 is 0 Å². The number of rotatable bonds is 3. The van der Waals surface area contributed by atoms with Crippen molar-refractivity contribution >= 4 is 17.8 Å². The van der Waals surface area contributed by atoms with Crippen molar-refractivity contribution in [1.82, 2.24) is 20.3 Å². The van der Waals surface area contributed by atoms with Gasteiger partial charge in [-0.3, -0.25) is 15.0 Å². The van der Waals surface area contributed by atoms with Crippen LogP contribution in [0.15, 0.2) is 48.8 Å². The minimum atomic E-state index is -0.866. The second-order valence-electron chi connectivity index (χ2n) is 7.41. The van der Waals surface area contributed by atoms with Crippen LogP contribution in [0, 0.1) is 5.92 Å². The first kappa shape index (κ1) is 17.3. The number of hydrazine groups is 1. The molecule has 0 unspecified atom stereocenters. The van der Waals surface area contributed by atoms with Crippen molar-refractivity contribution in [3.8, 4) is 5.69 Å². The predicted molar refractivity (Wildman–Crippen MR) is 99.0 cm³/mol. The molecule has 1 aliphatic carbocycles.